The van der Waals surface area contributed by atoms with Crippen LogP contribution in [0, 0.1) is 0 Å². The first kappa shape index (κ1) is 21.7. The predicted octanol–water partition coefficient (Wildman–Crippen LogP) is 2.53. The molecule has 0 radical (unpaired) electrons. The SMILES string of the molecule is CCCc1c(C(=O)N/N=C\c2ccc(OCc3ccccc3)cc2)nnn1-c1nonc1N. The minimum atomic E-state index is -0.501. The topological polar surface area (TPSA) is 146 Å². The number of rotatable bonds is 9. The maximum atomic E-state index is 12.6. The smallest absolute Gasteiger partial charge is 0.293 e. The number of nitrogens with two attached hydrogens (primary N) is 1. The number of hydrazone groups is 1. The van der Waals surface area contributed by atoms with E-state index in [0.29, 0.717) is 18.7 Å². The third-order valence-corrected chi connectivity index (χ3v) is 4.67. The number of anilines is 1. The van der Waals surface area contributed by atoms with Crippen LogP contribution < -0.4 is 15.9 Å². The maximum absolute atomic E-state index is 12.6. The molecule has 1 amide bonds. The third-order valence-electron chi connectivity index (χ3n) is 4.67. The molecule has 0 aliphatic carbocycles. The highest BCUT2D eigenvalue weighted by Crippen LogP contribution is 2.17. The Hall–Kier alpha value is -4.54. The first-order valence-corrected chi connectivity index (χ1v) is 10.3. The van der Waals surface area contributed by atoms with E-state index in [4.69, 9.17) is 10.5 Å². The van der Waals surface area contributed by atoms with Crippen LogP contribution in [0.5, 0.6) is 5.75 Å². The highest BCUT2D eigenvalue weighted by Gasteiger charge is 2.23. The van der Waals surface area contributed by atoms with Crippen LogP contribution in [-0.2, 0) is 13.0 Å². The van der Waals surface area contributed by atoms with E-state index in [1.54, 1.807) is 0 Å². The van der Waals surface area contributed by atoms with Gasteiger partial charge >= 0.3 is 0 Å². The monoisotopic (exact) mass is 446 g/mol. The van der Waals surface area contributed by atoms with Gasteiger partial charge < -0.3 is 10.5 Å². The van der Waals surface area contributed by atoms with Crippen molar-refractivity contribution in [2.24, 2.45) is 5.10 Å². The van der Waals surface area contributed by atoms with Gasteiger partial charge in [0.05, 0.1) is 11.9 Å². The fourth-order valence-electron chi connectivity index (χ4n) is 3.06. The molecule has 0 saturated heterocycles. The van der Waals surface area contributed by atoms with Gasteiger partial charge in [0.1, 0.15) is 12.4 Å². The molecule has 0 saturated carbocycles. The van der Waals surface area contributed by atoms with Crippen molar-refractivity contribution < 1.29 is 14.2 Å². The molecule has 3 N–H and O–H groups in total. The summed E-state index contributed by atoms with van der Waals surface area (Å²) in [7, 11) is 0. The van der Waals surface area contributed by atoms with Crippen molar-refractivity contribution in [1.82, 2.24) is 30.7 Å². The number of nitrogen functional groups attached to an aromatic ring is 1. The molecule has 33 heavy (non-hydrogen) atoms. The molecule has 0 fully saturated rings. The van der Waals surface area contributed by atoms with Crippen molar-refractivity contribution in [3.63, 3.8) is 0 Å². The number of nitrogens with one attached hydrogen (secondary N) is 1. The summed E-state index contributed by atoms with van der Waals surface area (Å²) in [4.78, 5) is 12.6. The number of amides is 1. The zero-order valence-corrected chi connectivity index (χ0v) is 17.9. The second-order valence-electron chi connectivity index (χ2n) is 7.06. The zero-order valence-electron chi connectivity index (χ0n) is 17.9. The van der Waals surface area contributed by atoms with E-state index in [9.17, 15) is 4.79 Å². The number of aromatic nitrogens is 5. The van der Waals surface area contributed by atoms with Gasteiger partial charge in [-0.3, -0.25) is 4.79 Å². The van der Waals surface area contributed by atoms with Crippen molar-refractivity contribution in [1.29, 1.82) is 0 Å². The number of ether oxygens (including phenoxy) is 1. The maximum Gasteiger partial charge on any atom is 0.293 e. The zero-order chi connectivity index (χ0) is 23.0. The van der Waals surface area contributed by atoms with Crippen molar-refractivity contribution in [3.05, 3.63) is 77.1 Å². The highest BCUT2D eigenvalue weighted by atomic mass is 16.6. The lowest BCUT2D eigenvalue weighted by Crippen LogP contribution is -2.20. The fraction of sp³-hybridized carbons (Fsp3) is 0.182. The van der Waals surface area contributed by atoms with E-state index < -0.39 is 5.91 Å². The lowest BCUT2D eigenvalue weighted by atomic mass is 10.2. The number of carbonyl (C=O) groups is 1. The van der Waals surface area contributed by atoms with Gasteiger partial charge in [-0.15, -0.1) is 5.10 Å². The minimum absolute atomic E-state index is 0.0541. The molecule has 2 aromatic heterocycles. The third kappa shape index (κ3) is 5.21. The minimum Gasteiger partial charge on any atom is -0.489 e. The Kier molecular flexibility index (Phi) is 6.69. The van der Waals surface area contributed by atoms with Gasteiger partial charge in [-0.1, -0.05) is 48.9 Å². The Morgan fingerprint density at radius 1 is 1.18 bits per heavy atom. The second-order valence-corrected chi connectivity index (χ2v) is 7.06. The first-order valence-electron chi connectivity index (χ1n) is 10.3. The van der Waals surface area contributed by atoms with Crippen LogP contribution in [0.25, 0.3) is 5.82 Å². The van der Waals surface area contributed by atoms with E-state index in [2.05, 4.69) is 35.8 Å². The molecule has 11 heteroatoms. The van der Waals surface area contributed by atoms with E-state index in [1.165, 1.54) is 10.9 Å². The quantitative estimate of drug-likeness (QED) is 0.294. The normalized spacial score (nSPS) is 11.1. The van der Waals surface area contributed by atoms with E-state index in [-0.39, 0.29) is 17.3 Å². The van der Waals surface area contributed by atoms with Crippen molar-refractivity contribution in [2.75, 3.05) is 5.73 Å². The summed E-state index contributed by atoms with van der Waals surface area (Å²) >= 11 is 0. The molecule has 4 aromatic rings. The van der Waals surface area contributed by atoms with Crippen molar-refractivity contribution in [2.45, 2.75) is 26.4 Å². The Bertz CT molecular complexity index is 1230. The van der Waals surface area contributed by atoms with Crippen LogP contribution in [0.3, 0.4) is 0 Å². The van der Waals surface area contributed by atoms with Crippen LogP contribution in [0.15, 0.2) is 64.3 Å². The molecule has 2 aromatic carbocycles. The van der Waals surface area contributed by atoms with Gasteiger partial charge in [0, 0.05) is 0 Å². The lowest BCUT2D eigenvalue weighted by Gasteiger charge is -2.06. The first-order chi connectivity index (χ1) is 16.2. The summed E-state index contributed by atoms with van der Waals surface area (Å²) in [6.07, 6.45) is 2.80. The molecule has 0 aliphatic heterocycles. The molecular formula is C22H22N8O3. The number of hydrogen-bond acceptors (Lipinski definition) is 9. The fourth-order valence-corrected chi connectivity index (χ4v) is 3.06. The number of nitrogens with zero attached hydrogens (tertiary/aromatic N) is 6. The van der Waals surface area contributed by atoms with E-state index in [0.717, 1.165) is 23.3 Å². The summed E-state index contributed by atoms with van der Waals surface area (Å²) in [6, 6.07) is 17.3. The molecule has 0 aliphatic rings. The molecular weight excluding hydrogens is 424 g/mol. The van der Waals surface area contributed by atoms with Gasteiger partial charge in [-0.25, -0.2) is 10.1 Å². The molecule has 0 atom stereocenters. The van der Waals surface area contributed by atoms with Crippen molar-refractivity contribution in [3.8, 4) is 11.6 Å². The Morgan fingerprint density at radius 3 is 2.67 bits per heavy atom. The standard InChI is InChI=1S/C22H22N8O3/c1-2-6-18-19(25-29-30(18)21-20(23)27-33-28-21)22(31)26-24-13-15-9-11-17(12-10-15)32-14-16-7-4-3-5-8-16/h3-5,7-13H,2,6,14H2,1H3,(H2,23,27)(H,26,31)/b24-13-. The van der Waals surface area contributed by atoms with Gasteiger partial charge in [0.15, 0.2) is 5.69 Å². The Labute approximate surface area is 189 Å². The Morgan fingerprint density at radius 2 is 1.97 bits per heavy atom. The Balaban J connectivity index is 1.38. The molecule has 0 bridgehead atoms. The predicted molar refractivity (Wildman–Crippen MR) is 120 cm³/mol. The molecule has 0 spiro atoms. The summed E-state index contributed by atoms with van der Waals surface area (Å²) < 4.78 is 11.7. The van der Waals surface area contributed by atoms with Crippen LogP contribution in [0.4, 0.5) is 5.82 Å². The number of benzene rings is 2. The highest BCUT2D eigenvalue weighted by molar-refractivity contribution is 5.94. The molecule has 168 valence electrons. The molecule has 4 rings (SSSR count). The number of carbonyl (C=O) groups excluding carboxylic acids is 1. The van der Waals surface area contributed by atoms with E-state index in [1.807, 2.05) is 61.5 Å². The lowest BCUT2D eigenvalue weighted by molar-refractivity contribution is 0.0949. The second kappa shape index (κ2) is 10.2. The summed E-state index contributed by atoms with van der Waals surface area (Å²) in [5, 5.41) is 19.2. The molecule has 0 unspecified atom stereocenters. The molecule has 2 heterocycles. The average Bonchev–Trinajstić information content (AvgIpc) is 3.45. The van der Waals surface area contributed by atoms with E-state index >= 15 is 0 Å². The van der Waals surface area contributed by atoms with Crippen molar-refractivity contribution >= 4 is 17.9 Å². The largest absolute Gasteiger partial charge is 0.489 e. The van der Waals surface area contributed by atoms with Gasteiger partial charge in [0.25, 0.3) is 5.91 Å². The van der Waals surface area contributed by atoms with Crippen LogP contribution in [0.1, 0.15) is 40.7 Å². The van der Waals surface area contributed by atoms with Gasteiger partial charge in [-0.05, 0) is 52.1 Å². The van der Waals surface area contributed by atoms with Gasteiger partial charge in [0.2, 0.25) is 11.6 Å². The van der Waals surface area contributed by atoms with Gasteiger partial charge in [-0.2, -0.15) is 9.78 Å². The summed E-state index contributed by atoms with van der Waals surface area (Å²) in [6.45, 7) is 2.45. The summed E-state index contributed by atoms with van der Waals surface area (Å²) in [5.74, 6) is 0.475. The average molecular weight is 446 g/mol. The van der Waals surface area contributed by atoms with Crippen LogP contribution >= 0.6 is 0 Å². The number of hydrogen-bond donors (Lipinski definition) is 2. The summed E-state index contributed by atoms with van der Waals surface area (Å²) in [5.41, 5.74) is 10.8. The molecule has 11 nitrogen and oxygen atoms in total. The van der Waals surface area contributed by atoms with Crippen LogP contribution in [-0.4, -0.2) is 37.4 Å². The van der Waals surface area contributed by atoms with Crippen LogP contribution in [0.2, 0.25) is 0 Å².